The van der Waals surface area contributed by atoms with E-state index in [4.69, 9.17) is 18.6 Å². The van der Waals surface area contributed by atoms with Crippen molar-refractivity contribution >= 4 is 16.9 Å². The first-order chi connectivity index (χ1) is 15.1. The SMILES string of the molecule is CCCOC(=O)COc1ccc2c(=O)c(Oc3cc(C)cc(C)c3)c(C(F)(F)F)oc2c1. The number of carbonyl (C=O) groups excluding carboxylic acids is 1. The molecule has 0 saturated heterocycles. The number of hydrogen-bond donors (Lipinski definition) is 0. The van der Waals surface area contributed by atoms with Gasteiger partial charge in [-0.05, 0) is 55.7 Å². The fraction of sp³-hybridized carbons (Fsp3) is 0.304. The molecule has 0 aliphatic heterocycles. The molecule has 0 aliphatic carbocycles. The summed E-state index contributed by atoms with van der Waals surface area (Å²) in [6.07, 6.45) is -4.35. The maximum absolute atomic E-state index is 13.7. The highest BCUT2D eigenvalue weighted by Gasteiger charge is 2.40. The van der Waals surface area contributed by atoms with E-state index in [2.05, 4.69) is 0 Å². The normalized spacial score (nSPS) is 11.4. The van der Waals surface area contributed by atoms with Crippen molar-refractivity contribution in [1.29, 1.82) is 0 Å². The molecule has 0 spiro atoms. The third kappa shape index (κ3) is 5.40. The van der Waals surface area contributed by atoms with Gasteiger partial charge in [0.15, 0.2) is 6.61 Å². The number of halogens is 3. The van der Waals surface area contributed by atoms with Gasteiger partial charge in [-0.2, -0.15) is 13.2 Å². The highest BCUT2D eigenvalue weighted by atomic mass is 19.4. The van der Waals surface area contributed by atoms with Gasteiger partial charge >= 0.3 is 12.1 Å². The van der Waals surface area contributed by atoms with Crippen LogP contribution in [0.15, 0.2) is 45.6 Å². The fourth-order valence-corrected chi connectivity index (χ4v) is 3.04. The van der Waals surface area contributed by atoms with E-state index in [0.717, 1.165) is 17.2 Å². The van der Waals surface area contributed by atoms with Gasteiger partial charge < -0.3 is 18.6 Å². The first-order valence-electron chi connectivity index (χ1n) is 9.81. The Labute approximate surface area is 181 Å². The lowest BCUT2D eigenvalue weighted by molar-refractivity contribution is -0.154. The molecule has 9 heteroatoms. The van der Waals surface area contributed by atoms with Crippen molar-refractivity contribution in [1.82, 2.24) is 0 Å². The molecule has 0 atom stereocenters. The minimum Gasteiger partial charge on any atom is -0.482 e. The van der Waals surface area contributed by atoms with Crippen molar-refractivity contribution in [3.8, 4) is 17.2 Å². The zero-order chi connectivity index (χ0) is 23.5. The summed E-state index contributed by atoms with van der Waals surface area (Å²) in [5.41, 5.74) is 0.192. The summed E-state index contributed by atoms with van der Waals surface area (Å²) in [5.74, 6) is -3.00. The molecule has 0 fully saturated rings. The standard InChI is InChI=1S/C23H21F3O6/c1-4-7-29-19(27)12-30-15-5-6-17-18(11-15)32-22(23(24,25)26)21(20(17)28)31-16-9-13(2)8-14(3)10-16/h5-6,8-11H,4,7,12H2,1-3H3. The molecule has 3 aromatic rings. The Bertz CT molecular complexity index is 1180. The smallest absolute Gasteiger partial charge is 0.453 e. The van der Waals surface area contributed by atoms with Gasteiger partial charge in [-0.1, -0.05) is 13.0 Å². The maximum Gasteiger partial charge on any atom is 0.453 e. The zero-order valence-corrected chi connectivity index (χ0v) is 17.7. The lowest BCUT2D eigenvalue weighted by atomic mass is 10.1. The van der Waals surface area contributed by atoms with E-state index in [1.54, 1.807) is 13.8 Å². The van der Waals surface area contributed by atoms with Crippen LogP contribution < -0.4 is 14.9 Å². The molecular weight excluding hydrogens is 429 g/mol. The molecule has 170 valence electrons. The molecule has 1 aromatic heterocycles. The van der Waals surface area contributed by atoms with Crippen LogP contribution in [0.5, 0.6) is 17.2 Å². The van der Waals surface area contributed by atoms with Crippen LogP contribution in [0.25, 0.3) is 11.0 Å². The second-order valence-electron chi connectivity index (χ2n) is 7.18. The number of alkyl halides is 3. The molecule has 0 N–H and O–H groups in total. The molecular formula is C23H21F3O6. The number of rotatable bonds is 7. The molecule has 1 heterocycles. The maximum atomic E-state index is 13.7. The van der Waals surface area contributed by atoms with Gasteiger partial charge in [0.2, 0.25) is 11.2 Å². The van der Waals surface area contributed by atoms with E-state index >= 15 is 0 Å². The van der Waals surface area contributed by atoms with Crippen LogP contribution >= 0.6 is 0 Å². The van der Waals surface area contributed by atoms with E-state index in [1.807, 2.05) is 13.0 Å². The molecule has 0 aliphatic rings. The number of carbonyl (C=O) groups is 1. The van der Waals surface area contributed by atoms with E-state index in [0.29, 0.717) is 6.42 Å². The number of aryl methyl sites for hydroxylation is 2. The highest BCUT2D eigenvalue weighted by Crippen LogP contribution is 2.38. The first kappa shape index (κ1) is 23.2. The van der Waals surface area contributed by atoms with Crippen LogP contribution in [0.3, 0.4) is 0 Å². The molecule has 3 rings (SSSR count). The number of benzene rings is 2. The van der Waals surface area contributed by atoms with Crippen molar-refractivity contribution in [3.05, 3.63) is 63.5 Å². The number of esters is 1. The van der Waals surface area contributed by atoms with Crippen LogP contribution in [-0.2, 0) is 15.7 Å². The van der Waals surface area contributed by atoms with Crippen LogP contribution in [0.1, 0.15) is 30.2 Å². The predicted octanol–water partition coefficient (Wildman–Crippen LogP) is 5.55. The Morgan fingerprint density at radius 3 is 2.34 bits per heavy atom. The Morgan fingerprint density at radius 1 is 1.03 bits per heavy atom. The topological polar surface area (TPSA) is 75.0 Å². The van der Waals surface area contributed by atoms with E-state index in [-0.39, 0.29) is 29.1 Å². The lowest BCUT2D eigenvalue weighted by Gasteiger charge is -2.14. The minimum absolute atomic E-state index is 0.0465. The van der Waals surface area contributed by atoms with Crippen LogP contribution in [0.4, 0.5) is 13.2 Å². The summed E-state index contributed by atoms with van der Waals surface area (Å²) in [7, 11) is 0. The molecule has 2 aromatic carbocycles. The average Bonchev–Trinajstić information content (AvgIpc) is 2.71. The molecule has 0 bridgehead atoms. The Kier molecular flexibility index (Phi) is 6.76. The Balaban J connectivity index is 2.00. The minimum atomic E-state index is -4.98. The largest absolute Gasteiger partial charge is 0.482 e. The predicted molar refractivity (Wildman–Crippen MR) is 110 cm³/mol. The molecule has 0 saturated carbocycles. The van der Waals surface area contributed by atoms with Gasteiger partial charge in [0.25, 0.3) is 5.76 Å². The lowest BCUT2D eigenvalue weighted by Crippen LogP contribution is -2.16. The molecule has 6 nitrogen and oxygen atoms in total. The number of ether oxygens (including phenoxy) is 3. The van der Waals surface area contributed by atoms with Gasteiger partial charge in [0.1, 0.15) is 17.1 Å². The first-order valence-corrected chi connectivity index (χ1v) is 9.81. The summed E-state index contributed by atoms with van der Waals surface area (Å²) in [6, 6.07) is 8.57. The van der Waals surface area contributed by atoms with Gasteiger partial charge in [-0.3, -0.25) is 4.79 Å². The van der Waals surface area contributed by atoms with Crippen molar-refractivity contribution in [2.45, 2.75) is 33.4 Å². The summed E-state index contributed by atoms with van der Waals surface area (Å²) < 4.78 is 61.6. The van der Waals surface area contributed by atoms with Gasteiger partial charge in [0, 0.05) is 6.07 Å². The van der Waals surface area contributed by atoms with E-state index in [1.165, 1.54) is 24.3 Å². The molecule has 32 heavy (non-hydrogen) atoms. The second kappa shape index (κ2) is 9.33. The Morgan fingerprint density at radius 2 is 1.72 bits per heavy atom. The van der Waals surface area contributed by atoms with Crippen molar-refractivity contribution in [2.24, 2.45) is 0 Å². The quantitative estimate of drug-likeness (QED) is 0.439. The number of hydrogen-bond acceptors (Lipinski definition) is 6. The Hall–Kier alpha value is -3.49. The summed E-state index contributed by atoms with van der Waals surface area (Å²) in [5, 5.41) is -0.127. The fourth-order valence-electron chi connectivity index (χ4n) is 3.04. The average molecular weight is 450 g/mol. The third-order valence-electron chi connectivity index (χ3n) is 4.32. The van der Waals surface area contributed by atoms with Gasteiger partial charge in [-0.15, -0.1) is 0 Å². The summed E-state index contributed by atoms with van der Waals surface area (Å²) in [6.45, 7) is 5.14. The van der Waals surface area contributed by atoms with Gasteiger partial charge in [-0.25, -0.2) is 4.79 Å². The third-order valence-corrected chi connectivity index (χ3v) is 4.32. The van der Waals surface area contributed by atoms with Crippen molar-refractivity contribution in [2.75, 3.05) is 13.2 Å². The zero-order valence-electron chi connectivity index (χ0n) is 17.7. The van der Waals surface area contributed by atoms with Crippen LogP contribution in [0, 0.1) is 13.8 Å². The van der Waals surface area contributed by atoms with Gasteiger partial charge in [0.05, 0.1) is 12.0 Å². The van der Waals surface area contributed by atoms with Crippen LogP contribution in [-0.4, -0.2) is 19.2 Å². The monoisotopic (exact) mass is 450 g/mol. The highest BCUT2D eigenvalue weighted by molar-refractivity contribution is 5.80. The van der Waals surface area contributed by atoms with E-state index < -0.39 is 35.7 Å². The summed E-state index contributed by atoms with van der Waals surface area (Å²) in [4.78, 5) is 24.4. The molecule has 0 amide bonds. The number of fused-ring (bicyclic) bond motifs is 1. The molecule has 0 radical (unpaired) electrons. The second-order valence-corrected chi connectivity index (χ2v) is 7.18. The van der Waals surface area contributed by atoms with Crippen LogP contribution in [0.2, 0.25) is 0 Å². The summed E-state index contributed by atoms with van der Waals surface area (Å²) >= 11 is 0. The van der Waals surface area contributed by atoms with Crippen molar-refractivity contribution < 1.29 is 36.6 Å². The van der Waals surface area contributed by atoms with Crippen molar-refractivity contribution in [3.63, 3.8) is 0 Å². The molecule has 0 unspecified atom stereocenters. The van der Waals surface area contributed by atoms with E-state index in [9.17, 15) is 22.8 Å².